The minimum Gasteiger partial charge on any atom is -0.493 e. The van der Waals surface area contributed by atoms with Crippen LogP contribution < -0.4 is 4.74 Å². The van der Waals surface area contributed by atoms with Crippen molar-refractivity contribution < 1.29 is 14.3 Å². The van der Waals surface area contributed by atoms with E-state index in [9.17, 15) is 4.79 Å². The zero-order chi connectivity index (χ0) is 17.7. The molecule has 1 aromatic carbocycles. The summed E-state index contributed by atoms with van der Waals surface area (Å²) in [5, 5.41) is 0. The highest BCUT2D eigenvalue weighted by molar-refractivity contribution is 5.76. The Hall–Kier alpha value is -1.59. The van der Waals surface area contributed by atoms with Crippen molar-refractivity contribution in [2.45, 2.75) is 19.3 Å². The number of carbonyl (C=O) groups excluding carboxylic acids is 1. The molecule has 2 fully saturated rings. The van der Waals surface area contributed by atoms with Crippen LogP contribution in [0.25, 0.3) is 0 Å². The lowest BCUT2D eigenvalue weighted by molar-refractivity contribution is -0.134. The molecule has 2 aliphatic rings. The lowest BCUT2D eigenvalue weighted by Crippen LogP contribution is -2.47. The maximum atomic E-state index is 12.5. The fourth-order valence-electron chi connectivity index (χ4n) is 4.43. The third-order valence-corrected chi connectivity index (χ3v) is 5.79. The van der Waals surface area contributed by atoms with Crippen LogP contribution in [-0.2, 0) is 9.53 Å². The van der Waals surface area contributed by atoms with Gasteiger partial charge in [0.25, 0.3) is 0 Å². The molecule has 5 nitrogen and oxygen atoms in total. The summed E-state index contributed by atoms with van der Waals surface area (Å²) in [4.78, 5) is 16.9. The van der Waals surface area contributed by atoms with E-state index in [0.29, 0.717) is 24.4 Å². The molecule has 0 radical (unpaired) electrons. The van der Waals surface area contributed by atoms with E-state index in [1.807, 2.05) is 35.2 Å². The van der Waals surface area contributed by atoms with Gasteiger partial charge in [-0.3, -0.25) is 4.79 Å². The summed E-state index contributed by atoms with van der Waals surface area (Å²) in [6, 6.07) is 9.68. The number of para-hydroxylation sites is 1. The molecule has 5 heteroatoms. The molecule has 1 atom stereocenters. The second-order valence-electron chi connectivity index (χ2n) is 7.50. The molecular weight excluding hydrogens is 316 g/mol. The molecular formula is C20H30N2O3. The summed E-state index contributed by atoms with van der Waals surface area (Å²) in [7, 11) is 3.98. The van der Waals surface area contributed by atoms with Crippen molar-refractivity contribution in [2.75, 3.05) is 53.6 Å². The van der Waals surface area contributed by atoms with Crippen LogP contribution in [0.4, 0.5) is 0 Å². The average Bonchev–Trinajstić information content (AvgIpc) is 2.91. The second kappa shape index (κ2) is 8.19. The van der Waals surface area contributed by atoms with Crippen LogP contribution in [0, 0.1) is 11.3 Å². The van der Waals surface area contributed by atoms with Crippen molar-refractivity contribution >= 4 is 5.91 Å². The van der Waals surface area contributed by atoms with Gasteiger partial charge in [0.15, 0.2) is 0 Å². The van der Waals surface area contributed by atoms with Gasteiger partial charge in [0, 0.05) is 39.2 Å². The fraction of sp³-hybridized carbons (Fsp3) is 0.650. The highest BCUT2D eigenvalue weighted by atomic mass is 16.5. The molecule has 1 spiro atoms. The molecule has 2 heterocycles. The smallest absolute Gasteiger partial charge is 0.225 e. The van der Waals surface area contributed by atoms with E-state index in [-0.39, 0.29) is 5.91 Å². The number of piperidine rings is 1. The van der Waals surface area contributed by atoms with Gasteiger partial charge in [0.2, 0.25) is 5.91 Å². The first-order valence-electron chi connectivity index (χ1n) is 9.26. The number of amides is 1. The third-order valence-electron chi connectivity index (χ3n) is 5.79. The van der Waals surface area contributed by atoms with Crippen molar-refractivity contribution in [3.8, 4) is 5.75 Å². The van der Waals surface area contributed by atoms with Gasteiger partial charge in [-0.15, -0.1) is 0 Å². The lowest BCUT2D eigenvalue weighted by atomic mass is 9.71. The minimum absolute atomic E-state index is 0.209. The van der Waals surface area contributed by atoms with Crippen LogP contribution in [0.3, 0.4) is 0 Å². The van der Waals surface area contributed by atoms with Gasteiger partial charge in [-0.2, -0.15) is 0 Å². The molecule has 0 aliphatic carbocycles. The van der Waals surface area contributed by atoms with E-state index in [4.69, 9.17) is 9.47 Å². The van der Waals surface area contributed by atoms with Crippen molar-refractivity contribution in [1.82, 2.24) is 9.80 Å². The molecule has 0 N–H and O–H groups in total. The predicted molar refractivity (Wildman–Crippen MR) is 97.7 cm³/mol. The summed E-state index contributed by atoms with van der Waals surface area (Å²) in [6.07, 6.45) is 2.61. The molecule has 2 aliphatic heterocycles. The van der Waals surface area contributed by atoms with Gasteiger partial charge in [-0.05, 0) is 37.4 Å². The van der Waals surface area contributed by atoms with E-state index in [1.165, 1.54) is 0 Å². The fourth-order valence-corrected chi connectivity index (χ4v) is 4.43. The van der Waals surface area contributed by atoms with Gasteiger partial charge < -0.3 is 19.3 Å². The monoisotopic (exact) mass is 346 g/mol. The van der Waals surface area contributed by atoms with Crippen LogP contribution in [-0.4, -0.2) is 69.3 Å². The number of likely N-dealkylation sites (tertiary alicyclic amines) is 2. The number of ether oxygens (including phenoxy) is 2. The Morgan fingerprint density at radius 1 is 1.24 bits per heavy atom. The molecule has 1 amide bonds. The van der Waals surface area contributed by atoms with E-state index in [2.05, 4.69) is 11.9 Å². The normalized spacial score (nSPS) is 23.1. The summed E-state index contributed by atoms with van der Waals surface area (Å²) < 4.78 is 11.1. The van der Waals surface area contributed by atoms with E-state index < -0.39 is 0 Å². The number of methoxy groups -OCH3 is 1. The lowest BCUT2D eigenvalue weighted by Gasteiger charge is -2.42. The Balaban J connectivity index is 1.46. The van der Waals surface area contributed by atoms with Crippen LogP contribution in [0.1, 0.15) is 19.3 Å². The average molecular weight is 346 g/mol. The quantitative estimate of drug-likeness (QED) is 0.792. The first kappa shape index (κ1) is 18.2. The second-order valence-corrected chi connectivity index (χ2v) is 7.50. The maximum Gasteiger partial charge on any atom is 0.225 e. The number of hydrogen-bond acceptors (Lipinski definition) is 4. The van der Waals surface area contributed by atoms with Crippen LogP contribution in [0.5, 0.6) is 5.75 Å². The first-order valence-corrected chi connectivity index (χ1v) is 9.26. The molecule has 0 aromatic heterocycles. The van der Waals surface area contributed by atoms with E-state index >= 15 is 0 Å². The Morgan fingerprint density at radius 3 is 2.64 bits per heavy atom. The Morgan fingerprint density at radius 2 is 1.96 bits per heavy atom. The maximum absolute atomic E-state index is 12.5. The summed E-state index contributed by atoms with van der Waals surface area (Å²) >= 11 is 0. The number of benzene rings is 1. The molecule has 25 heavy (non-hydrogen) atoms. The molecule has 0 unspecified atom stereocenters. The molecule has 2 saturated heterocycles. The third kappa shape index (κ3) is 4.33. The Labute approximate surface area is 150 Å². The largest absolute Gasteiger partial charge is 0.493 e. The molecule has 138 valence electrons. The standard InChI is InChI=1S/C20H30N2O3/c1-21-14-17(15-24-2)20(16-21)9-11-22(12-10-20)19(23)8-13-25-18-6-4-3-5-7-18/h3-7,17H,8-16H2,1-2H3/t17-/m0/s1. The van der Waals surface area contributed by atoms with Gasteiger partial charge in [0.1, 0.15) is 5.75 Å². The van der Waals surface area contributed by atoms with Gasteiger partial charge in [-0.25, -0.2) is 0 Å². The molecule has 0 bridgehead atoms. The highest BCUT2D eigenvalue weighted by Gasteiger charge is 2.47. The van der Waals surface area contributed by atoms with Crippen molar-refractivity contribution in [3.63, 3.8) is 0 Å². The summed E-state index contributed by atoms with van der Waals surface area (Å²) in [6.45, 7) is 5.21. The minimum atomic E-state index is 0.209. The first-order chi connectivity index (χ1) is 12.1. The SMILES string of the molecule is COC[C@@H]1CN(C)CC12CCN(C(=O)CCOc1ccccc1)CC2. The van der Waals surface area contributed by atoms with Crippen molar-refractivity contribution in [3.05, 3.63) is 30.3 Å². The van der Waals surface area contributed by atoms with Crippen molar-refractivity contribution in [2.24, 2.45) is 11.3 Å². The summed E-state index contributed by atoms with van der Waals surface area (Å²) in [5.41, 5.74) is 0.322. The van der Waals surface area contributed by atoms with Crippen LogP contribution >= 0.6 is 0 Å². The van der Waals surface area contributed by atoms with E-state index in [1.54, 1.807) is 7.11 Å². The van der Waals surface area contributed by atoms with Crippen molar-refractivity contribution in [1.29, 1.82) is 0 Å². The van der Waals surface area contributed by atoms with Gasteiger partial charge in [-0.1, -0.05) is 18.2 Å². The Bertz CT molecular complexity index is 555. The summed E-state index contributed by atoms with van der Waals surface area (Å²) in [5.74, 6) is 1.62. The van der Waals surface area contributed by atoms with Gasteiger partial charge >= 0.3 is 0 Å². The number of rotatable bonds is 6. The number of carbonyl (C=O) groups is 1. The number of nitrogens with zero attached hydrogens (tertiary/aromatic N) is 2. The van der Waals surface area contributed by atoms with Crippen LogP contribution in [0.15, 0.2) is 30.3 Å². The van der Waals surface area contributed by atoms with E-state index in [0.717, 1.165) is 51.4 Å². The highest BCUT2D eigenvalue weighted by Crippen LogP contribution is 2.44. The molecule has 3 rings (SSSR count). The molecule has 0 saturated carbocycles. The number of hydrogen-bond donors (Lipinski definition) is 0. The predicted octanol–water partition coefficient (Wildman–Crippen LogP) is 2.27. The zero-order valence-corrected chi connectivity index (χ0v) is 15.4. The topological polar surface area (TPSA) is 42.0 Å². The zero-order valence-electron chi connectivity index (χ0n) is 15.4. The Kier molecular flexibility index (Phi) is 5.97. The molecule has 1 aromatic rings. The van der Waals surface area contributed by atoms with Gasteiger partial charge in [0.05, 0.1) is 19.6 Å². The van der Waals surface area contributed by atoms with Crippen LogP contribution in [0.2, 0.25) is 0 Å².